The van der Waals surface area contributed by atoms with Crippen molar-refractivity contribution >= 4 is 33.2 Å². The molecule has 5 heteroatoms. The number of carboxylic acids is 1. The van der Waals surface area contributed by atoms with E-state index in [1.54, 1.807) is 12.1 Å². The SMILES string of the molecule is O=C(O)CC(O)c1ccc(Br)s1. The van der Waals surface area contributed by atoms with Crippen molar-refractivity contribution in [2.24, 2.45) is 0 Å². The number of carbonyl (C=O) groups is 1. The number of aliphatic hydroxyl groups is 1. The zero-order valence-corrected chi connectivity index (χ0v) is 8.43. The molecule has 0 aliphatic heterocycles. The minimum Gasteiger partial charge on any atom is -0.481 e. The van der Waals surface area contributed by atoms with Crippen molar-refractivity contribution in [3.63, 3.8) is 0 Å². The van der Waals surface area contributed by atoms with Gasteiger partial charge in [0.2, 0.25) is 0 Å². The largest absolute Gasteiger partial charge is 0.481 e. The molecule has 1 aromatic heterocycles. The predicted molar refractivity (Wildman–Crippen MR) is 49.2 cm³/mol. The van der Waals surface area contributed by atoms with Gasteiger partial charge in [-0.2, -0.15) is 0 Å². The van der Waals surface area contributed by atoms with Crippen LogP contribution in [0.3, 0.4) is 0 Å². The highest BCUT2D eigenvalue weighted by molar-refractivity contribution is 9.11. The summed E-state index contributed by atoms with van der Waals surface area (Å²) in [6.07, 6.45) is -1.13. The van der Waals surface area contributed by atoms with Gasteiger partial charge in [0.1, 0.15) is 0 Å². The number of thiophene rings is 1. The van der Waals surface area contributed by atoms with Gasteiger partial charge in [-0.3, -0.25) is 4.79 Å². The number of aliphatic hydroxyl groups excluding tert-OH is 1. The Balaban J connectivity index is 2.64. The Bertz CT molecular complexity index is 284. The molecule has 1 heterocycles. The number of hydrogen-bond acceptors (Lipinski definition) is 3. The molecule has 0 fully saturated rings. The van der Waals surface area contributed by atoms with Crippen molar-refractivity contribution in [1.29, 1.82) is 0 Å². The van der Waals surface area contributed by atoms with Crippen molar-refractivity contribution in [3.8, 4) is 0 Å². The number of rotatable bonds is 3. The monoisotopic (exact) mass is 250 g/mol. The van der Waals surface area contributed by atoms with Gasteiger partial charge in [-0.15, -0.1) is 11.3 Å². The van der Waals surface area contributed by atoms with E-state index in [9.17, 15) is 9.90 Å². The molecule has 0 radical (unpaired) electrons. The normalized spacial score (nSPS) is 12.8. The number of halogens is 1. The second-order valence-corrected chi connectivity index (χ2v) is 4.75. The molecule has 1 unspecified atom stereocenters. The quantitative estimate of drug-likeness (QED) is 0.863. The van der Waals surface area contributed by atoms with E-state index in [1.807, 2.05) is 0 Å². The van der Waals surface area contributed by atoms with E-state index in [-0.39, 0.29) is 6.42 Å². The lowest BCUT2D eigenvalue weighted by Crippen LogP contribution is -2.03. The first-order chi connectivity index (χ1) is 5.59. The third-order valence-corrected chi connectivity index (χ3v) is 3.02. The lowest BCUT2D eigenvalue weighted by Gasteiger charge is -2.02. The van der Waals surface area contributed by atoms with E-state index in [4.69, 9.17) is 5.11 Å². The first kappa shape index (κ1) is 9.70. The van der Waals surface area contributed by atoms with E-state index in [2.05, 4.69) is 15.9 Å². The van der Waals surface area contributed by atoms with E-state index in [1.165, 1.54) is 11.3 Å². The third-order valence-electron chi connectivity index (χ3n) is 1.29. The van der Waals surface area contributed by atoms with Gasteiger partial charge < -0.3 is 10.2 Å². The fourth-order valence-electron chi connectivity index (χ4n) is 0.773. The van der Waals surface area contributed by atoms with Crippen LogP contribution in [0.25, 0.3) is 0 Å². The molecule has 1 aromatic rings. The Morgan fingerprint density at radius 3 is 2.75 bits per heavy atom. The number of hydrogen-bond donors (Lipinski definition) is 2. The van der Waals surface area contributed by atoms with Crippen molar-refractivity contribution in [3.05, 3.63) is 20.8 Å². The summed E-state index contributed by atoms with van der Waals surface area (Å²) in [5.74, 6) is -0.993. The van der Waals surface area contributed by atoms with Gasteiger partial charge >= 0.3 is 5.97 Å². The van der Waals surface area contributed by atoms with Crippen LogP contribution in [0.1, 0.15) is 17.4 Å². The van der Waals surface area contributed by atoms with Gasteiger partial charge in [0.25, 0.3) is 0 Å². The van der Waals surface area contributed by atoms with Gasteiger partial charge in [-0.25, -0.2) is 0 Å². The van der Waals surface area contributed by atoms with E-state index in [0.29, 0.717) is 4.88 Å². The van der Waals surface area contributed by atoms with Crippen molar-refractivity contribution in [1.82, 2.24) is 0 Å². The molecule has 1 rings (SSSR count). The van der Waals surface area contributed by atoms with Crippen LogP contribution < -0.4 is 0 Å². The Morgan fingerprint density at radius 1 is 1.67 bits per heavy atom. The average molecular weight is 251 g/mol. The molecule has 0 saturated carbocycles. The topological polar surface area (TPSA) is 57.5 Å². The summed E-state index contributed by atoms with van der Waals surface area (Å²) in [5, 5.41) is 17.7. The van der Waals surface area contributed by atoms with Gasteiger partial charge in [0.05, 0.1) is 16.3 Å². The Labute approximate surface area is 81.8 Å². The van der Waals surface area contributed by atoms with E-state index in [0.717, 1.165) is 3.79 Å². The van der Waals surface area contributed by atoms with Crippen LogP contribution >= 0.6 is 27.3 Å². The first-order valence-corrected chi connectivity index (χ1v) is 4.85. The highest BCUT2D eigenvalue weighted by atomic mass is 79.9. The molecule has 12 heavy (non-hydrogen) atoms. The minimum absolute atomic E-state index is 0.243. The highest BCUT2D eigenvalue weighted by Gasteiger charge is 2.13. The molecule has 1 atom stereocenters. The maximum Gasteiger partial charge on any atom is 0.306 e. The van der Waals surface area contributed by atoms with Crippen molar-refractivity contribution in [2.45, 2.75) is 12.5 Å². The summed E-state index contributed by atoms with van der Waals surface area (Å²) >= 11 is 4.57. The highest BCUT2D eigenvalue weighted by Crippen LogP contribution is 2.28. The number of carboxylic acid groups (broad SMARTS) is 1. The van der Waals surface area contributed by atoms with Crippen LogP contribution in [-0.4, -0.2) is 16.2 Å². The summed E-state index contributed by atoms with van der Waals surface area (Å²) in [4.78, 5) is 10.9. The molecular formula is C7H7BrO3S. The van der Waals surface area contributed by atoms with Gasteiger partial charge in [-0.05, 0) is 28.1 Å². The molecule has 2 N–H and O–H groups in total. The fraction of sp³-hybridized carbons (Fsp3) is 0.286. The summed E-state index contributed by atoms with van der Waals surface area (Å²) in [6, 6.07) is 3.49. The van der Waals surface area contributed by atoms with Crippen LogP contribution in [0.4, 0.5) is 0 Å². The summed E-state index contributed by atoms with van der Waals surface area (Å²) < 4.78 is 0.891. The molecular weight excluding hydrogens is 244 g/mol. The Hall–Kier alpha value is -0.390. The number of aliphatic carboxylic acids is 1. The smallest absolute Gasteiger partial charge is 0.306 e. The molecule has 0 amide bonds. The van der Waals surface area contributed by atoms with Gasteiger partial charge in [-0.1, -0.05) is 0 Å². The summed E-state index contributed by atoms with van der Waals surface area (Å²) in [6.45, 7) is 0. The molecule has 0 bridgehead atoms. The van der Waals surface area contributed by atoms with Crippen LogP contribution in [-0.2, 0) is 4.79 Å². The predicted octanol–water partition coefficient (Wildman–Crippen LogP) is 2.02. The molecule has 0 aliphatic carbocycles. The van der Waals surface area contributed by atoms with Crippen molar-refractivity contribution in [2.75, 3.05) is 0 Å². The van der Waals surface area contributed by atoms with E-state index >= 15 is 0 Å². The standard InChI is InChI=1S/C7H7BrO3S/c8-6-2-1-5(12-6)4(9)3-7(10)11/h1-2,4,9H,3H2,(H,10,11). The minimum atomic E-state index is -0.993. The molecule has 0 saturated heterocycles. The summed E-state index contributed by atoms with van der Waals surface area (Å²) in [5.41, 5.74) is 0. The Kier molecular flexibility index (Phi) is 3.25. The second kappa shape index (κ2) is 4.02. The van der Waals surface area contributed by atoms with Crippen LogP contribution in [0, 0.1) is 0 Å². The summed E-state index contributed by atoms with van der Waals surface area (Å²) in [7, 11) is 0. The van der Waals surface area contributed by atoms with Crippen LogP contribution in [0.15, 0.2) is 15.9 Å². The molecule has 66 valence electrons. The lowest BCUT2D eigenvalue weighted by atomic mass is 10.2. The van der Waals surface area contributed by atoms with E-state index < -0.39 is 12.1 Å². The van der Waals surface area contributed by atoms with Gasteiger partial charge in [0.15, 0.2) is 0 Å². The van der Waals surface area contributed by atoms with Crippen LogP contribution in [0.5, 0.6) is 0 Å². The third kappa shape index (κ3) is 2.58. The zero-order valence-electron chi connectivity index (χ0n) is 6.03. The molecule has 0 aliphatic rings. The average Bonchev–Trinajstić information content (AvgIpc) is 2.34. The zero-order chi connectivity index (χ0) is 9.14. The Morgan fingerprint density at radius 2 is 2.33 bits per heavy atom. The molecule has 3 nitrogen and oxygen atoms in total. The molecule has 0 spiro atoms. The second-order valence-electron chi connectivity index (χ2n) is 2.26. The fourth-order valence-corrected chi connectivity index (χ4v) is 2.18. The van der Waals surface area contributed by atoms with Crippen LogP contribution in [0.2, 0.25) is 0 Å². The molecule has 0 aromatic carbocycles. The lowest BCUT2D eigenvalue weighted by molar-refractivity contribution is -0.139. The first-order valence-electron chi connectivity index (χ1n) is 3.24. The van der Waals surface area contributed by atoms with Crippen molar-refractivity contribution < 1.29 is 15.0 Å². The maximum absolute atomic E-state index is 10.2. The maximum atomic E-state index is 10.2. The van der Waals surface area contributed by atoms with Gasteiger partial charge in [0, 0.05) is 4.88 Å².